The number of nitrogens with zero attached hydrogens (tertiary/aromatic N) is 4. The Balaban J connectivity index is 1.90. The minimum atomic E-state index is 0.268. The van der Waals surface area contributed by atoms with E-state index in [1.54, 1.807) is 59.4 Å². The van der Waals surface area contributed by atoms with Gasteiger partial charge in [0.1, 0.15) is 0 Å². The van der Waals surface area contributed by atoms with Gasteiger partial charge in [0.05, 0.1) is 25.8 Å². The number of anilines is 2. The van der Waals surface area contributed by atoms with E-state index in [2.05, 4.69) is 20.3 Å². The van der Waals surface area contributed by atoms with Crippen LogP contribution in [0.25, 0.3) is 17.1 Å². The summed E-state index contributed by atoms with van der Waals surface area (Å²) in [5, 5.41) is 4.89. The van der Waals surface area contributed by atoms with Crippen molar-refractivity contribution >= 4 is 70.3 Å². The number of benzene rings is 2. The van der Waals surface area contributed by atoms with Crippen LogP contribution in [0.15, 0.2) is 60.9 Å². The molecule has 0 aliphatic heterocycles. The molecule has 10 heteroatoms. The highest BCUT2D eigenvalue weighted by molar-refractivity contribution is 7.71. The lowest BCUT2D eigenvalue weighted by Crippen LogP contribution is -2.11. The predicted molar refractivity (Wildman–Crippen MR) is 125 cm³/mol. The topological polar surface area (TPSA) is 55.6 Å². The highest BCUT2D eigenvalue weighted by atomic mass is 35.5. The second kappa shape index (κ2) is 8.88. The number of pyridine rings is 1. The Morgan fingerprint density at radius 2 is 1.57 bits per heavy atom. The van der Waals surface area contributed by atoms with Crippen molar-refractivity contribution in [1.82, 2.24) is 19.5 Å². The minimum absolute atomic E-state index is 0.268. The molecule has 0 saturated heterocycles. The molecule has 30 heavy (non-hydrogen) atoms. The molecule has 4 aromatic rings. The molecular formula is C20H11Cl4N5S. The molecule has 0 radical (unpaired) electrons. The van der Waals surface area contributed by atoms with Gasteiger partial charge in [-0.05, 0) is 60.7 Å². The zero-order chi connectivity index (χ0) is 21.3. The first-order chi connectivity index (χ1) is 14.4. The summed E-state index contributed by atoms with van der Waals surface area (Å²) in [5.74, 6) is 0.831. The number of rotatable bonds is 4. The summed E-state index contributed by atoms with van der Waals surface area (Å²) >= 11 is 30.0. The third kappa shape index (κ3) is 4.43. The van der Waals surface area contributed by atoms with E-state index in [0.717, 1.165) is 5.56 Å². The number of nitrogens with one attached hydrogen (secondary N) is 1. The van der Waals surface area contributed by atoms with Crippen molar-refractivity contribution in [2.45, 2.75) is 0 Å². The molecule has 5 nitrogen and oxygen atoms in total. The molecule has 0 saturated carbocycles. The second-order valence-corrected chi connectivity index (χ2v) is 8.08. The Kier molecular flexibility index (Phi) is 6.22. The third-order valence-electron chi connectivity index (χ3n) is 4.07. The van der Waals surface area contributed by atoms with Crippen LogP contribution in [0.5, 0.6) is 0 Å². The van der Waals surface area contributed by atoms with Crippen LogP contribution in [0.2, 0.25) is 20.1 Å². The van der Waals surface area contributed by atoms with Gasteiger partial charge in [0, 0.05) is 23.6 Å². The van der Waals surface area contributed by atoms with E-state index < -0.39 is 0 Å². The SMILES string of the molecule is S=c1nc(-c2cccnc2)nc(Nc2ccc(Cl)c(Cl)c2)n1-c1ccc(Cl)c(Cl)c1. The molecule has 1 N–H and O–H groups in total. The van der Waals surface area contributed by atoms with Gasteiger partial charge < -0.3 is 5.32 Å². The van der Waals surface area contributed by atoms with Gasteiger partial charge in [-0.3, -0.25) is 9.55 Å². The summed E-state index contributed by atoms with van der Waals surface area (Å²) in [6, 6.07) is 14.0. The first-order valence-corrected chi connectivity index (χ1v) is 10.4. The predicted octanol–water partition coefficient (Wildman–Crippen LogP) is 7.42. The molecule has 0 fully saturated rings. The van der Waals surface area contributed by atoms with Crippen LogP contribution >= 0.6 is 58.6 Å². The smallest absolute Gasteiger partial charge is 0.216 e. The van der Waals surface area contributed by atoms with Crippen LogP contribution < -0.4 is 5.32 Å². The Morgan fingerprint density at radius 1 is 0.833 bits per heavy atom. The molecule has 0 atom stereocenters. The Bertz CT molecular complexity index is 1290. The fraction of sp³-hybridized carbons (Fsp3) is 0. The summed E-state index contributed by atoms with van der Waals surface area (Å²) in [6.45, 7) is 0. The van der Waals surface area contributed by atoms with Crippen molar-refractivity contribution in [2.24, 2.45) is 0 Å². The van der Waals surface area contributed by atoms with Gasteiger partial charge in [-0.1, -0.05) is 46.4 Å². The Morgan fingerprint density at radius 3 is 2.23 bits per heavy atom. The molecular weight excluding hydrogens is 484 g/mol. The van der Waals surface area contributed by atoms with E-state index in [0.29, 0.717) is 43.2 Å². The maximum atomic E-state index is 6.21. The van der Waals surface area contributed by atoms with E-state index >= 15 is 0 Å². The van der Waals surface area contributed by atoms with Crippen molar-refractivity contribution in [3.8, 4) is 17.1 Å². The summed E-state index contributed by atoms with van der Waals surface area (Å²) < 4.78 is 1.92. The summed E-state index contributed by atoms with van der Waals surface area (Å²) in [4.78, 5) is 13.3. The van der Waals surface area contributed by atoms with E-state index in [1.165, 1.54) is 0 Å². The van der Waals surface area contributed by atoms with Crippen LogP contribution in [0, 0.1) is 4.77 Å². The fourth-order valence-electron chi connectivity index (χ4n) is 2.67. The van der Waals surface area contributed by atoms with Crippen LogP contribution in [0.4, 0.5) is 11.6 Å². The van der Waals surface area contributed by atoms with Gasteiger partial charge in [0.15, 0.2) is 5.82 Å². The average molecular weight is 495 g/mol. The van der Waals surface area contributed by atoms with Crippen molar-refractivity contribution < 1.29 is 0 Å². The lowest BCUT2D eigenvalue weighted by molar-refractivity contribution is 0.911. The van der Waals surface area contributed by atoms with Gasteiger partial charge >= 0.3 is 0 Å². The minimum Gasteiger partial charge on any atom is -0.325 e. The number of hydrogen-bond donors (Lipinski definition) is 1. The highest BCUT2D eigenvalue weighted by Gasteiger charge is 2.14. The normalized spacial score (nSPS) is 10.8. The number of aromatic nitrogens is 4. The molecule has 2 aromatic heterocycles. The van der Waals surface area contributed by atoms with Gasteiger partial charge in [-0.15, -0.1) is 0 Å². The van der Waals surface area contributed by atoms with Gasteiger partial charge in [-0.25, -0.2) is 0 Å². The van der Waals surface area contributed by atoms with Crippen LogP contribution in [-0.4, -0.2) is 19.5 Å². The van der Waals surface area contributed by atoms with E-state index in [-0.39, 0.29) is 4.77 Å². The largest absolute Gasteiger partial charge is 0.325 e. The maximum Gasteiger partial charge on any atom is 0.216 e. The molecule has 0 aliphatic carbocycles. The van der Waals surface area contributed by atoms with Crippen molar-refractivity contribution in [3.05, 3.63) is 85.8 Å². The molecule has 0 amide bonds. The van der Waals surface area contributed by atoms with Gasteiger partial charge in [0.25, 0.3) is 0 Å². The van der Waals surface area contributed by atoms with Crippen LogP contribution in [0.3, 0.4) is 0 Å². The van der Waals surface area contributed by atoms with Gasteiger partial charge in [-0.2, -0.15) is 9.97 Å². The van der Waals surface area contributed by atoms with Gasteiger partial charge in [0.2, 0.25) is 10.7 Å². The molecule has 150 valence electrons. The Labute approximate surface area is 197 Å². The van der Waals surface area contributed by atoms with E-state index in [9.17, 15) is 0 Å². The Hall–Kier alpha value is -2.22. The summed E-state index contributed by atoms with van der Waals surface area (Å²) in [6.07, 6.45) is 3.34. The fourth-order valence-corrected chi connectivity index (χ4v) is 3.54. The zero-order valence-electron chi connectivity index (χ0n) is 15.0. The third-order valence-corrected chi connectivity index (χ3v) is 5.83. The monoisotopic (exact) mass is 493 g/mol. The molecule has 0 aliphatic rings. The molecule has 0 spiro atoms. The molecule has 4 rings (SSSR count). The van der Waals surface area contributed by atoms with E-state index in [1.807, 2.05) is 6.07 Å². The molecule has 2 aromatic carbocycles. The van der Waals surface area contributed by atoms with E-state index in [4.69, 9.17) is 58.6 Å². The highest BCUT2D eigenvalue weighted by Crippen LogP contribution is 2.30. The summed E-state index contributed by atoms with van der Waals surface area (Å²) in [5.41, 5.74) is 2.04. The maximum absolute atomic E-state index is 6.21. The first-order valence-electron chi connectivity index (χ1n) is 8.51. The lowest BCUT2D eigenvalue weighted by atomic mass is 10.2. The number of hydrogen-bond acceptors (Lipinski definition) is 5. The molecule has 0 unspecified atom stereocenters. The van der Waals surface area contributed by atoms with Crippen molar-refractivity contribution in [1.29, 1.82) is 0 Å². The van der Waals surface area contributed by atoms with Crippen LogP contribution in [-0.2, 0) is 0 Å². The van der Waals surface area contributed by atoms with Crippen molar-refractivity contribution in [2.75, 3.05) is 5.32 Å². The van der Waals surface area contributed by atoms with Crippen molar-refractivity contribution in [3.63, 3.8) is 0 Å². The summed E-state index contributed by atoms with van der Waals surface area (Å²) in [7, 11) is 0. The van der Waals surface area contributed by atoms with Crippen LogP contribution in [0.1, 0.15) is 0 Å². The average Bonchev–Trinajstić information content (AvgIpc) is 2.73. The first kappa shape index (κ1) is 21.0. The zero-order valence-corrected chi connectivity index (χ0v) is 18.8. The molecule has 0 bridgehead atoms. The molecule has 2 heterocycles. The number of halogens is 4. The second-order valence-electron chi connectivity index (χ2n) is 6.08. The quantitative estimate of drug-likeness (QED) is 0.299. The lowest BCUT2D eigenvalue weighted by Gasteiger charge is -2.16. The standard InChI is InChI=1S/C20H11Cl4N5S/c21-14-5-3-12(8-16(14)23)26-19-27-18(11-2-1-7-25-10-11)28-20(30)29(19)13-4-6-15(22)17(24)9-13/h1-10H,(H,26,27,28,30).